The Bertz CT molecular complexity index is 704. The zero-order valence-electron chi connectivity index (χ0n) is 18.0. The van der Waals surface area contributed by atoms with Gasteiger partial charge in [0.2, 0.25) is 0 Å². The molecule has 1 aromatic rings. The van der Waals surface area contributed by atoms with Gasteiger partial charge in [-0.2, -0.15) is 0 Å². The number of hydrogen-bond donors (Lipinski definition) is 0. The first-order chi connectivity index (χ1) is 11.8. The van der Waals surface area contributed by atoms with Gasteiger partial charge in [-0.15, -0.1) is 0 Å². The Kier molecular flexibility index (Phi) is 5.19. The molecule has 3 aliphatic heterocycles. The number of hydrogen-bond acceptors (Lipinski definition) is 0. The molecule has 0 saturated carbocycles. The van der Waals surface area contributed by atoms with Crippen molar-refractivity contribution in [1.82, 2.24) is 0 Å². The Hall–Kier alpha value is -0.0100. The van der Waals surface area contributed by atoms with Gasteiger partial charge in [-0.1, -0.05) is 109 Å². The van der Waals surface area contributed by atoms with Gasteiger partial charge in [0.05, 0.1) is 4.90 Å². The van der Waals surface area contributed by atoms with Gasteiger partial charge in [-0.05, 0) is 46.2 Å². The van der Waals surface area contributed by atoms with E-state index in [0.29, 0.717) is 16.0 Å². The largest absolute Gasteiger partial charge is 0.0829 e. The van der Waals surface area contributed by atoms with Crippen molar-refractivity contribution in [3.05, 3.63) is 35.9 Å². The quantitative estimate of drug-likeness (QED) is 0.411. The van der Waals surface area contributed by atoms with Crippen molar-refractivity contribution in [3.63, 3.8) is 0 Å². The number of fused-ring (bicyclic) bond motifs is 1. The highest BCUT2D eigenvalue weighted by Crippen LogP contribution is 2.78. The Balaban J connectivity index is 2.29. The molecule has 1 atom stereocenters. The van der Waals surface area contributed by atoms with Crippen molar-refractivity contribution in [1.29, 1.82) is 0 Å². The summed E-state index contributed by atoms with van der Waals surface area (Å²) >= 11 is 0. The third-order valence-electron chi connectivity index (χ3n) is 5.55. The monoisotopic (exact) mass is 404 g/mol. The summed E-state index contributed by atoms with van der Waals surface area (Å²) in [6.45, 7) is 22.2. The Morgan fingerprint density at radius 1 is 0.808 bits per heavy atom. The van der Waals surface area contributed by atoms with Crippen molar-refractivity contribution in [3.8, 4) is 0 Å². The maximum atomic E-state index is 2.48. The Labute approximate surface area is 165 Å². The molecule has 0 aliphatic carbocycles. The molecule has 142 valence electrons. The predicted molar refractivity (Wildman–Crippen MR) is 126 cm³/mol. The Morgan fingerprint density at radius 2 is 1.27 bits per heavy atom. The van der Waals surface area contributed by atoms with E-state index in [4.69, 9.17) is 0 Å². The smallest absolute Gasteiger partial charge is 0.0601 e. The van der Waals surface area contributed by atoms with Crippen molar-refractivity contribution >= 4 is 34.4 Å². The molecule has 0 nitrogen and oxygen atoms in total. The highest BCUT2D eigenvalue weighted by Gasteiger charge is 2.55. The van der Waals surface area contributed by atoms with Gasteiger partial charge >= 0.3 is 0 Å². The summed E-state index contributed by atoms with van der Waals surface area (Å²) in [6.07, 6.45) is 1.34. The first kappa shape index (κ1) is 20.7. The fourth-order valence-electron chi connectivity index (χ4n) is 3.97. The lowest BCUT2D eigenvalue weighted by Gasteiger charge is -2.56. The summed E-state index contributed by atoms with van der Waals surface area (Å²) in [4.78, 5) is 0.343. The molecule has 3 heteroatoms. The summed E-state index contributed by atoms with van der Waals surface area (Å²) in [6, 6.07) is 11.4. The van der Waals surface area contributed by atoms with Gasteiger partial charge in [-0.25, -0.2) is 0 Å². The molecule has 0 N–H and O–H groups in total. The van der Waals surface area contributed by atoms with E-state index in [1.54, 1.807) is 22.0 Å². The van der Waals surface area contributed by atoms with Crippen LogP contribution in [0.2, 0.25) is 0 Å². The molecular weight excluding hydrogens is 369 g/mol. The summed E-state index contributed by atoms with van der Waals surface area (Å²) < 4.78 is 0. The number of benzene rings is 1. The fraction of sp³-hybridized carbons (Fsp3) is 0.652. The molecule has 0 saturated heterocycles. The van der Waals surface area contributed by atoms with Crippen LogP contribution in [0.5, 0.6) is 0 Å². The Morgan fingerprint density at radius 3 is 1.65 bits per heavy atom. The molecule has 0 spiro atoms. The van der Waals surface area contributed by atoms with Crippen LogP contribution in [0.4, 0.5) is 0 Å². The molecule has 4 rings (SSSR count). The second-order valence-corrected chi connectivity index (χ2v) is 17.1. The average Bonchev–Trinajstić information content (AvgIpc) is 2.52. The fourth-order valence-corrected chi connectivity index (χ4v) is 14.8. The summed E-state index contributed by atoms with van der Waals surface area (Å²) in [5, 5.41) is 3.68. The van der Waals surface area contributed by atoms with Crippen LogP contribution in [0.1, 0.15) is 80.0 Å². The van der Waals surface area contributed by atoms with Gasteiger partial charge in [0.25, 0.3) is 0 Å². The first-order valence-electron chi connectivity index (χ1n) is 9.81. The number of rotatable bonds is 1. The minimum absolute atomic E-state index is 0.217. The van der Waals surface area contributed by atoms with E-state index in [2.05, 4.69) is 92.6 Å². The van der Waals surface area contributed by atoms with Crippen LogP contribution in [-0.4, -0.2) is 15.0 Å². The van der Waals surface area contributed by atoms with Crippen LogP contribution in [0.3, 0.4) is 0 Å². The van der Waals surface area contributed by atoms with Crippen LogP contribution in [0, 0.1) is 16.2 Å². The van der Waals surface area contributed by atoms with Gasteiger partial charge < -0.3 is 0 Å². The van der Waals surface area contributed by atoms with Crippen LogP contribution >= 0.6 is 24.3 Å². The van der Waals surface area contributed by atoms with E-state index in [0.717, 1.165) is 0 Å². The highest BCUT2D eigenvalue weighted by atomic mass is 31.2. The van der Waals surface area contributed by atoms with Crippen molar-refractivity contribution in [2.45, 2.75) is 79.3 Å². The van der Waals surface area contributed by atoms with Gasteiger partial charge in [-0.3, -0.25) is 0 Å². The molecule has 0 aromatic heterocycles. The van der Waals surface area contributed by atoms with Crippen molar-refractivity contribution in [2.75, 3.05) is 0 Å². The molecule has 0 radical (unpaired) electrons. The highest BCUT2D eigenvalue weighted by molar-refractivity contribution is 8.06. The first-order valence-corrected chi connectivity index (χ1v) is 13.0. The van der Waals surface area contributed by atoms with Gasteiger partial charge in [0.1, 0.15) is 0 Å². The van der Waals surface area contributed by atoms with Crippen molar-refractivity contribution < 1.29 is 0 Å². The van der Waals surface area contributed by atoms with E-state index in [1.165, 1.54) is 6.42 Å². The molecule has 0 amide bonds. The van der Waals surface area contributed by atoms with Crippen LogP contribution in [0.15, 0.2) is 30.3 Å². The second-order valence-electron chi connectivity index (χ2n) is 10.9. The zero-order chi connectivity index (χ0) is 19.5. The van der Waals surface area contributed by atoms with Gasteiger partial charge in [0.15, 0.2) is 0 Å². The molecule has 3 aliphatic rings. The van der Waals surface area contributed by atoms with E-state index >= 15 is 0 Å². The summed E-state index contributed by atoms with van der Waals surface area (Å²) in [5.41, 5.74) is 3.13. The van der Waals surface area contributed by atoms with E-state index in [9.17, 15) is 0 Å². The molecule has 1 unspecified atom stereocenters. The second kappa shape index (κ2) is 6.51. The summed E-state index contributed by atoms with van der Waals surface area (Å²) in [7, 11) is 3.07. The SMILES string of the molecule is CC(C)(C)C1=PC2(C(C)(C)C)CC(c3ccccc3)P1C(C(C)(C)C)=P2. The molecule has 1 aromatic carbocycles. The molecular formula is C23H35P3. The van der Waals surface area contributed by atoms with E-state index in [1.807, 2.05) is 10.1 Å². The lowest BCUT2D eigenvalue weighted by Crippen LogP contribution is -2.44. The average molecular weight is 404 g/mol. The predicted octanol–water partition coefficient (Wildman–Crippen LogP) is 8.61. The van der Waals surface area contributed by atoms with E-state index in [-0.39, 0.29) is 18.8 Å². The summed E-state index contributed by atoms with van der Waals surface area (Å²) in [5.74, 6) is 0. The van der Waals surface area contributed by atoms with Crippen LogP contribution < -0.4 is 0 Å². The lowest BCUT2D eigenvalue weighted by molar-refractivity contribution is 0.345. The molecule has 3 heterocycles. The zero-order valence-corrected chi connectivity index (χ0v) is 20.7. The maximum Gasteiger partial charge on any atom is 0.0601 e. The molecule has 26 heavy (non-hydrogen) atoms. The van der Waals surface area contributed by atoms with E-state index < -0.39 is 0 Å². The minimum atomic E-state index is -0.217. The minimum Gasteiger partial charge on any atom is -0.0829 e. The van der Waals surface area contributed by atoms with Crippen LogP contribution in [-0.2, 0) is 0 Å². The standard InChI is InChI=1S/C23H35P3/c1-20(2,3)18-24-23(22(7,8)9)15-17(16-13-11-10-12-14-16)26(18)19(25-23)21(4,5)6/h10-14,17H,15H2,1-9H3. The normalized spacial score (nSPS) is 30.7. The maximum absolute atomic E-state index is 2.48. The lowest BCUT2D eigenvalue weighted by atomic mass is 9.87. The third kappa shape index (κ3) is 3.52. The van der Waals surface area contributed by atoms with Gasteiger partial charge in [0, 0.05) is 5.66 Å². The van der Waals surface area contributed by atoms with Crippen LogP contribution in [0.25, 0.3) is 0 Å². The topological polar surface area (TPSA) is 0 Å². The molecule has 0 fully saturated rings. The molecule has 2 bridgehead atoms. The third-order valence-corrected chi connectivity index (χ3v) is 15.6. The van der Waals surface area contributed by atoms with Crippen molar-refractivity contribution in [2.24, 2.45) is 16.2 Å².